The van der Waals surface area contributed by atoms with Gasteiger partial charge in [0.1, 0.15) is 11.8 Å². The van der Waals surface area contributed by atoms with Crippen molar-refractivity contribution in [2.75, 3.05) is 13.7 Å². The summed E-state index contributed by atoms with van der Waals surface area (Å²) in [5, 5.41) is 3.98. The van der Waals surface area contributed by atoms with Crippen LogP contribution < -0.4 is 4.74 Å². The first-order valence-electron chi connectivity index (χ1n) is 7.13. The summed E-state index contributed by atoms with van der Waals surface area (Å²) >= 11 is 5.87. The number of carbonyl (C=O) groups is 1. The van der Waals surface area contributed by atoms with E-state index in [9.17, 15) is 13.6 Å². The fraction of sp³-hybridized carbons (Fsp3) is 0.400. The molecular weight excluding hydrogens is 344 g/mol. The van der Waals surface area contributed by atoms with E-state index in [-0.39, 0.29) is 17.2 Å². The van der Waals surface area contributed by atoms with Crippen molar-refractivity contribution in [2.24, 2.45) is 0 Å². The third-order valence-corrected chi connectivity index (χ3v) is 3.99. The van der Waals surface area contributed by atoms with Gasteiger partial charge in [-0.05, 0) is 25.1 Å². The van der Waals surface area contributed by atoms with Crippen LogP contribution in [0.4, 0.5) is 8.78 Å². The molecule has 1 aliphatic rings. The summed E-state index contributed by atoms with van der Waals surface area (Å²) in [5.41, 5.74) is 0.140. The van der Waals surface area contributed by atoms with Gasteiger partial charge in [-0.25, -0.2) is 8.78 Å². The van der Waals surface area contributed by atoms with Crippen molar-refractivity contribution in [1.82, 2.24) is 15.0 Å². The van der Waals surface area contributed by atoms with E-state index in [0.29, 0.717) is 10.8 Å². The number of rotatable bonds is 3. The molecule has 9 heteroatoms. The van der Waals surface area contributed by atoms with Crippen LogP contribution in [0.15, 0.2) is 22.7 Å². The number of carbonyl (C=O) groups excluding carboxylic acids is 1. The van der Waals surface area contributed by atoms with Crippen LogP contribution in [0.2, 0.25) is 5.02 Å². The van der Waals surface area contributed by atoms with Crippen LogP contribution in [0.3, 0.4) is 0 Å². The fourth-order valence-corrected chi connectivity index (χ4v) is 2.86. The van der Waals surface area contributed by atoms with Gasteiger partial charge in [0.15, 0.2) is 5.82 Å². The molecule has 24 heavy (non-hydrogen) atoms. The second-order valence-electron chi connectivity index (χ2n) is 5.53. The molecule has 6 nitrogen and oxygen atoms in total. The Morgan fingerprint density at radius 3 is 2.88 bits per heavy atom. The van der Waals surface area contributed by atoms with Crippen molar-refractivity contribution in [3.63, 3.8) is 0 Å². The number of aromatic nitrogens is 2. The van der Waals surface area contributed by atoms with Crippen LogP contribution >= 0.6 is 11.6 Å². The highest BCUT2D eigenvalue weighted by atomic mass is 35.5. The summed E-state index contributed by atoms with van der Waals surface area (Å²) in [6.07, 6.45) is -0.573. The number of likely N-dealkylation sites (tertiary alicyclic amines) is 1. The van der Waals surface area contributed by atoms with Crippen molar-refractivity contribution < 1.29 is 22.8 Å². The Morgan fingerprint density at radius 1 is 1.50 bits per heavy atom. The van der Waals surface area contributed by atoms with Crippen molar-refractivity contribution in [1.29, 1.82) is 0 Å². The number of ether oxygens (including phenoxy) is 1. The summed E-state index contributed by atoms with van der Waals surface area (Å²) < 4.78 is 38.0. The van der Waals surface area contributed by atoms with E-state index in [4.69, 9.17) is 20.9 Å². The molecule has 0 unspecified atom stereocenters. The van der Waals surface area contributed by atoms with Gasteiger partial charge in [-0.15, -0.1) is 0 Å². The molecule has 1 aromatic heterocycles. The van der Waals surface area contributed by atoms with Gasteiger partial charge in [0, 0.05) is 11.4 Å². The Kier molecular flexibility index (Phi) is 4.16. The lowest BCUT2D eigenvalue weighted by molar-refractivity contribution is 0.0116. The number of amides is 1. The van der Waals surface area contributed by atoms with Crippen LogP contribution in [-0.2, 0) is 0 Å². The first-order chi connectivity index (χ1) is 11.3. The number of hydrogen-bond donors (Lipinski definition) is 0. The lowest BCUT2D eigenvalue weighted by atomic mass is 10.1. The predicted molar refractivity (Wildman–Crippen MR) is 80.4 cm³/mol. The molecule has 0 spiro atoms. The molecule has 3 rings (SSSR count). The molecule has 128 valence electrons. The minimum Gasteiger partial charge on any atom is -0.496 e. The lowest BCUT2D eigenvalue weighted by Crippen LogP contribution is -2.33. The average Bonchev–Trinajstić information content (AvgIpc) is 3.09. The molecule has 0 saturated carbocycles. The molecule has 0 bridgehead atoms. The Bertz CT molecular complexity index is 781. The minimum absolute atomic E-state index is 0.00837. The third kappa shape index (κ3) is 3.06. The third-order valence-electron chi connectivity index (χ3n) is 3.75. The quantitative estimate of drug-likeness (QED) is 0.843. The summed E-state index contributed by atoms with van der Waals surface area (Å²) in [6, 6.07) is 3.40. The monoisotopic (exact) mass is 357 g/mol. The van der Waals surface area contributed by atoms with Gasteiger partial charge in [0.25, 0.3) is 11.8 Å². The molecule has 2 heterocycles. The number of benzene rings is 1. The van der Waals surface area contributed by atoms with Crippen molar-refractivity contribution in [3.05, 3.63) is 40.5 Å². The molecule has 2 aromatic rings. The number of hydrogen-bond acceptors (Lipinski definition) is 5. The standard InChI is InChI=1S/C15H14ClF2N3O3/c1-8-19-13(24-20-8)11-6-15(17,18)7-21(11)14(22)10-4-3-9(16)5-12(10)23-2/h3-5,11H,6-7H2,1-2H3/t11-/m0/s1. The maximum Gasteiger partial charge on any atom is 0.267 e. The topological polar surface area (TPSA) is 68.5 Å². The Hall–Kier alpha value is -2.22. The first kappa shape index (κ1) is 16.6. The van der Waals surface area contributed by atoms with E-state index in [1.165, 1.54) is 25.3 Å². The van der Waals surface area contributed by atoms with Crippen LogP contribution in [0.5, 0.6) is 5.75 Å². The Labute approximate surface area is 141 Å². The van der Waals surface area contributed by atoms with Gasteiger partial charge in [-0.2, -0.15) is 4.98 Å². The molecule has 0 aliphatic carbocycles. The maximum atomic E-state index is 13.9. The van der Waals surface area contributed by atoms with Gasteiger partial charge < -0.3 is 14.2 Å². The Morgan fingerprint density at radius 2 is 2.25 bits per heavy atom. The highest BCUT2D eigenvalue weighted by molar-refractivity contribution is 6.30. The number of halogens is 3. The van der Waals surface area contributed by atoms with Crippen molar-refractivity contribution >= 4 is 17.5 Å². The van der Waals surface area contributed by atoms with E-state index in [2.05, 4.69) is 10.1 Å². The summed E-state index contributed by atoms with van der Waals surface area (Å²) in [5.74, 6) is -3.13. The zero-order valence-electron chi connectivity index (χ0n) is 12.9. The lowest BCUT2D eigenvalue weighted by Gasteiger charge is -2.22. The normalized spacial score (nSPS) is 19.5. The highest BCUT2D eigenvalue weighted by Crippen LogP contribution is 2.42. The molecular formula is C15H14ClF2N3O3. The van der Waals surface area contributed by atoms with Gasteiger partial charge in [0.2, 0.25) is 5.89 Å². The smallest absolute Gasteiger partial charge is 0.267 e. The molecule has 1 fully saturated rings. The van der Waals surface area contributed by atoms with Crippen LogP contribution in [-0.4, -0.2) is 40.5 Å². The molecule has 1 amide bonds. The van der Waals surface area contributed by atoms with E-state index in [1.54, 1.807) is 6.92 Å². The zero-order valence-corrected chi connectivity index (χ0v) is 13.7. The number of nitrogens with zero attached hydrogens (tertiary/aromatic N) is 3. The molecule has 1 aliphatic heterocycles. The Balaban J connectivity index is 1.98. The SMILES string of the molecule is COc1cc(Cl)ccc1C(=O)N1CC(F)(F)C[C@H]1c1nc(C)no1. The zero-order chi connectivity index (χ0) is 17.5. The molecule has 1 saturated heterocycles. The van der Waals surface area contributed by atoms with E-state index >= 15 is 0 Å². The highest BCUT2D eigenvalue weighted by Gasteiger charge is 2.50. The van der Waals surface area contributed by atoms with Gasteiger partial charge >= 0.3 is 0 Å². The molecule has 0 N–H and O–H groups in total. The van der Waals surface area contributed by atoms with Crippen molar-refractivity contribution in [2.45, 2.75) is 25.3 Å². The summed E-state index contributed by atoms with van der Waals surface area (Å²) in [4.78, 5) is 17.8. The first-order valence-corrected chi connectivity index (χ1v) is 7.51. The number of aryl methyl sites for hydroxylation is 1. The average molecular weight is 358 g/mol. The van der Waals surface area contributed by atoms with Crippen LogP contribution in [0, 0.1) is 6.92 Å². The predicted octanol–water partition coefficient (Wildman–Crippen LogP) is 3.26. The summed E-state index contributed by atoms with van der Waals surface area (Å²) in [6.45, 7) is 0.845. The second-order valence-corrected chi connectivity index (χ2v) is 5.97. The molecule has 0 radical (unpaired) electrons. The van der Waals surface area contributed by atoms with E-state index in [0.717, 1.165) is 4.90 Å². The van der Waals surface area contributed by atoms with Crippen LogP contribution in [0.1, 0.15) is 34.5 Å². The maximum absolute atomic E-state index is 13.9. The molecule has 1 aromatic carbocycles. The van der Waals surface area contributed by atoms with Gasteiger partial charge in [-0.1, -0.05) is 16.8 Å². The van der Waals surface area contributed by atoms with E-state index in [1.807, 2.05) is 0 Å². The second kappa shape index (κ2) is 6.01. The van der Waals surface area contributed by atoms with Gasteiger partial charge in [0.05, 0.1) is 19.2 Å². The molecule has 1 atom stereocenters. The van der Waals surface area contributed by atoms with Crippen LogP contribution in [0.25, 0.3) is 0 Å². The summed E-state index contributed by atoms with van der Waals surface area (Å²) in [7, 11) is 1.37. The number of methoxy groups -OCH3 is 1. The number of alkyl halides is 2. The van der Waals surface area contributed by atoms with Gasteiger partial charge in [-0.3, -0.25) is 4.79 Å². The minimum atomic E-state index is -3.04. The largest absolute Gasteiger partial charge is 0.496 e. The van der Waals surface area contributed by atoms with Crippen molar-refractivity contribution in [3.8, 4) is 5.75 Å². The van der Waals surface area contributed by atoms with E-state index < -0.39 is 30.8 Å². The fourth-order valence-electron chi connectivity index (χ4n) is 2.70.